The molecule has 0 aromatic carbocycles. The topological polar surface area (TPSA) is 55.9 Å². The Balaban J connectivity index is 1.89. The molecule has 1 aromatic heterocycles. The molecule has 1 aromatic rings. The van der Waals surface area contributed by atoms with Gasteiger partial charge in [0.1, 0.15) is 5.82 Å². The first kappa shape index (κ1) is 11.5. The number of nitrogens with zero attached hydrogens (tertiary/aromatic N) is 2. The third kappa shape index (κ3) is 2.55. The molecule has 1 saturated carbocycles. The fourth-order valence-corrected chi connectivity index (χ4v) is 2.50. The first-order chi connectivity index (χ1) is 7.66. The van der Waals surface area contributed by atoms with Crippen molar-refractivity contribution in [2.24, 2.45) is 18.7 Å². The second-order valence-electron chi connectivity index (χ2n) is 4.88. The van der Waals surface area contributed by atoms with Crippen LogP contribution >= 0.6 is 0 Å². The molecule has 4 heteroatoms. The van der Waals surface area contributed by atoms with Crippen LogP contribution in [-0.4, -0.2) is 22.4 Å². The maximum Gasteiger partial charge on any atom is 0.124 e. The molecule has 1 aliphatic rings. The van der Waals surface area contributed by atoms with Crippen LogP contribution in [0.15, 0.2) is 6.07 Å². The number of aryl methyl sites for hydroxylation is 2. The molecular weight excluding hydrogens is 200 g/mol. The van der Waals surface area contributed by atoms with E-state index in [0.29, 0.717) is 12.0 Å². The molecule has 1 aliphatic carbocycles. The van der Waals surface area contributed by atoms with Gasteiger partial charge in [0.2, 0.25) is 0 Å². The molecule has 0 radical (unpaired) electrons. The van der Waals surface area contributed by atoms with Crippen molar-refractivity contribution in [1.29, 1.82) is 0 Å². The third-order valence-corrected chi connectivity index (χ3v) is 3.52. The lowest BCUT2D eigenvalue weighted by Gasteiger charge is -2.28. The Bertz CT molecular complexity index is 345. The Hall–Kier alpha value is -1.03. The summed E-state index contributed by atoms with van der Waals surface area (Å²) in [6.45, 7) is 2.98. The fourth-order valence-electron chi connectivity index (χ4n) is 2.50. The van der Waals surface area contributed by atoms with Gasteiger partial charge in [0.05, 0.1) is 5.69 Å². The molecule has 2 rings (SSSR count). The number of hydrogen-bond donors (Lipinski definition) is 2. The molecule has 0 saturated heterocycles. The van der Waals surface area contributed by atoms with E-state index < -0.39 is 0 Å². The van der Waals surface area contributed by atoms with E-state index in [1.165, 1.54) is 25.7 Å². The molecule has 0 spiro atoms. The number of hydrogen-bond acceptors (Lipinski definition) is 3. The molecule has 16 heavy (non-hydrogen) atoms. The summed E-state index contributed by atoms with van der Waals surface area (Å²) in [5.41, 5.74) is 7.18. The number of nitrogens with one attached hydrogen (secondary N) is 1. The van der Waals surface area contributed by atoms with E-state index in [1.807, 2.05) is 18.7 Å². The van der Waals surface area contributed by atoms with Gasteiger partial charge in [-0.3, -0.25) is 4.68 Å². The van der Waals surface area contributed by atoms with Gasteiger partial charge in [-0.15, -0.1) is 0 Å². The lowest BCUT2D eigenvalue weighted by atomic mass is 9.85. The van der Waals surface area contributed by atoms with Gasteiger partial charge in [-0.1, -0.05) is 12.8 Å². The minimum absolute atomic E-state index is 0.371. The number of aromatic nitrogens is 2. The predicted octanol–water partition coefficient (Wildman–Crippen LogP) is 1.66. The minimum Gasteiger partial charge on any atom is -0.370 e. The second kappa shape index (κ2) is 4.87. The van der Waals surface area contributed by atoms with E-state index in [0.717, 1.165) is 18.1 Å². The Kier molecular flexibility index (Phi) is 3.49. The van der Waals surface area contributed by atoms with Crippen molar-refractivity contribution in [3.8, 4) is 0 Å². The van der Waals surface area contributed by atoms with Crippen molar-refractivity contribution < 1.29 is 0 Å². The van der Waals surface area contributed by atoms with Gasteiger partial charge in [-0.25, -0.2) is 0 Å². The van der Waals surface area contributed by atoms with Crippen LogP contribution in [0.3, 0.4) is 0 Å². The predicted molar refractivity (Wildman–Crippen MR) is 66.4 cm³/mol. The Labute approximate surface area is 97.2 Å². The Morgan fingerprint density at radius 2 is 2.25 bits per heavy atom. The summed E-state index contributed by atoms with van der Waals surface area (Å²) in [6.07, 6.45) is 5.05. The highest BCUT2D eigenvalue weighted by atomic mass is 15.3. The molecule has 1 heterocycles. The highest BCUT2D eigenvalue weighted by Gasteiger charge is 2.21. The van der Waals surface area contributed by atoms with Crippen molar-refractivity contribution in [2.45, 2.75) is 38.6 Å². The van der Waals surface area contributed by atoms with Crippen LogP contribution in [0.1, 0.15) is 31.4 Å². The summed E-state index contributed by atoms with van der Waals surface area (Å²) in [5.74, 6) is 1.71. The molecule has 0 aliphatic heterocycles. The van der Waals surface area contributed by atoms with Crippen molar-refractivity contribution in [3.05, 3.63) is 11.8 Å². The lowest BCUT2D eigenvalue weighted by Crippen LogP contribution is -2.37. The van der Waals surface area contributed by atoms with Gasteiger partial charge in [-0.05, 0) is 25.7 Å². The molecule has 4 nitrogen and oxygen atoms in total. The lowest BCUT2D eigenvalue weighted by molar-refractivity contribution is 0.321. The van der Waals surface area contributed by atoms with Crippen LogP contribution in [0.5, 0.6) is 0 Å². The molecule has 2 unspecified atom stereocenters. The van der Waals surface area contributed by atoms with Crippen molar-refractivity contribution in [1.82, 2.24) is 9.78 Å². The zero-order valence-corrected chi connectivity index (χ0v) is 10.2. The first-order valence-corrected chi connectivity index (χ1v) is 6.17. The zero-order chi connectivity index (χ0) is 11.5. The summed E-state index contributed by atoms with van der Waals surface area (Å²) < 4.78 is 1.89. The largest absolute Gasteiger partial charge is 0.370 e. The highest BCUT2D eigenvalue weighted by Crippen LogP contribution is 2.23. The monoisotopic (exact) mass is 222 g/mol. The van der Waals surface area contributed by atoms with Crippen LogP contribution in [0, 0.1) is 12.8 Å². The van der Waals surface area contributed by atoms with E-state index in [1.54, 1.807) is 0 Å². The van der Waals surface area contributed by atoms with Crippen molar-refractivity contribution in [3.63, 3.8) is 0 Å². The van der Waals surface area contributed by atoms with Crippen LogP contribution in [0.4, 0.5) is 5.82 Å². The van der Waals surface area contributed by atoms with Gasteiger partial charge >= 0.3 is 0 Å². The standard InChI is InChI=1S/C12H22N4/c1-9-7-12(16(2)15-9)14-8-10-5-3-4-6-11(10)13/h7,10-11,14H,3-6,8,13H2,1-2H3. The maximum absolute atomic E-state index is 6.12. The number of anilines is 1. The fraction of sp³-hybridized carbons (Fsp3) is 0.750. The van der Waals surface area contributed by atoms with Crippen LogP contribution in [0.25, 0.3) is 0 Å². The first-order valence-electron chi connectivity index (χ1n) is 6.17. The van der Waals surface area contributed by atoms with E-state index in [-0.39, 0.29) is 0 Å². The van der Waals surface area contributed by atoms with Gasteiger partial charge in [-0.2, -0.15) is 5.10 Å². The SMILES string of the molecule is Cc1cc(NCC2CCCCC2N)n(C)n1. The number of nitrogens with two attached hydrogens (primary N) is 1. The van der Waals surface area contributed by atoms with Gasteiger partial charge in [0.15, 0.2) is 0 Å². The van der Waals surface area contributed by atoms with Crippen LogP contribution < -0.4 is 11.1 Å². The molecule has 0 bridgehead atoms. The van der Waals surface area contributed by atoms with E-state index in [2.05, 4.69) is 16.5 Å². The molecule has 2 atom stereocenters. The number of rotatable bonds is 3. The molecule has 0 amide bonds. The highest BCUT2D eigenvalue weighted by molar-refractivity contribution is 5.36. The summed E-state index contributed by atoms with van der Waals surface area (Å²) in [6, 6.07) is 2.45. The second-order valence-corrected chi connectivity index (χ2v) is 4.88. The van der Waals surface area contributed by atoms with Crippen LogP contribution in [0.2, 0.25) is 0 Å². The molecule has 1 fully saturated rings. The van der Waals surface area contributed by atoms with E-state index >= 15 is 0 Å². The molecular formula is C12H22N4. The van der Waals surface area contributed by atoms with Crippen LogP contribution in [-0.2, 0) is 7.05 Å². The summed E-state index contributed by atoms with van der Waals surface area (Å²) >= 11 is 0. The Morgan fingerprint density at radius 1 is 1.50 bits per heavy atom. The molecule has 90 valence electrons. The summed E-state index contributed by atoms with van der Waals surface area (Å²) in [4.78, 5) is 0. The average molecular weight is 222 g/mol. The zero-order valence-electron chi connectivity index (χ0n) is 10.2. The average Bonchev–Trinajstić information content (AvgIpc) is 2.56. The normalized spacial score (nSPS) is 25.7. The van der Waals surface area contributed by atoms with Crippen molar-refractivity contribution in [2.75, 3.05) is 11.9 Å². The van der Waals surface area contributed by atoms with Gasteiger partial charge in [0.25, 0.3) is 0 Å². The van der Waals surface area contributed by atoms with E-state index in [4.69, 9.17) is 5.73 Å². The van der Waals surface area contributed by atoms with Gasteiger partial charge < -0.3 is 11.1 Å². The maximum atomic E-state index is 6.12. The summed E-state index contributed by atoms with van der Waals surface area (Å²) in [7, 11) is 1.97. The quantitative estimate of drug-likeness (QED) is 0.817. The third-order valence-electron chi connectivity index (χ3n) is 3.52. The molecule has 3 N–H and O–H groups in total. The smallest absolute Gasteiger partial charge is 0.124 e. The van der Waals surface area contributed by atoms with Gasteiger partial charge in [0, 0.05) is 25.7 Å². The summed E-state index contributed by atoms with van der Waals surface area (Å²) in [5, 5.41) is 7.77. The minimum atomic E-state index is 0.371. The Morgan fingerprint density at radius 3 is 2.88 bits per heavy atom. The van der Waals surface area contributed by atoms with E-state index in [9.17, 15) is 0 Å². The van der Waals surface area contributed by atoms with Crippen molar-refractivity contribution >= 4 is 5.82 Å².